The van der Waals surface area contributed by atoms with E-state index in [1.807, 2.05) is 0 Å². The fraction of sp³-hybridized carbons (Fsp3) is 0.909. The van der Waals surface area contributed by atoms with Crippen molar-refractivity contribution in [3.8, 4) is 0 Å². The minimum Gasteiger partial charge on any atom is -0.480 e. The predicted molar refractivity (Wildman–Crippen MR) is 65.2 cm³/mol. The third-order valence-electron chi connectivity index (χ3n) is 3.06. The molecule has 1 atom stereocenters. The van der Waals surface area contributed by atoms with Gasteiger partial charge in [0.15, 0.2) is 0 Å². The molecular weight excluding hydrogens is 222 g/mol. The van der Waals surface area contributed by atoms with Gasteiger partial charge in [0, 0.05) is 46.4 Å². The molecule has 0 radical (unpaired) electrons. The first-order valence-corrected chi connectivity index (χ1v) is 5.99. The summed E-state index contributed by atoms with van der Waals surface area (Å²) in [6.07, 6.45) is 0. The van der Waals surface area contributed by atoms with E-state index in [-0.39, 0.29) is 6.61 Å². The second-order valence-electron chi connectivity index (χ2n) is 4.59. The van der Waals surface area contributed by atoms with Crippen LogP contribution in [-0.2, 0) is 9.53 Å². The van der Waals surface area contributed by atoms with Gasteiger partial charge in [-0.2, -0.15) is 0 Å². The van der Waals surface area contributed by atoms with Gasteiger partial charge in [-0.1, -0.05) is 0 Å². The zero-order valence-electron chi connectivity index (χ0n) is 10.7. The van der Waals surface area contributed by atoms with Crippen molar-refractivity contribution in [2.75, 3.05) is 53.0 Å². The van der Waals surface area contributed by atoms with Gasteiger partial charge < -0.3 is 15.2 Å². The molecule has 0 aromatic rings. The third-order valence-corrected chi connectivity index (χ3v) is 3.06. The maximum atomic E-state index is 11.1. The fourth-order valence-corrected chi connectivity index (χ4v) is 1.90. The lowest BCUT2D eigenvalue weighted by molar-refractivity contribution is -0.146. The van der Waals surface area contributed by atoms with Gasteiger partial charge in [0.25, 0.3) is 0 Å². The van der Waals surface area contributed by atoms with Gasteiger partial charge in [-0.05, 0) is 6.92 Å². The summed E-state index contributed by atoms with van der Waals surface area (Å²) in [6.45, 7) is 7.41. The molecule has 0 bridgehead atoms. The molecule has 6 heteroatoms. The normalized spacial score (nSPS) is 21.1. The fourth-order valence-electron chi connectivity index (χ4n) is 1.90. The molecule has 0 aromatic heterocycles. The summed E-state index contributed by atoms with van der Waals surface area (Å²) in [5.74, 6) is -0.875. The molecule has 3 N–H and O–H groups in total. The number of piperazine rings is 1. The predicted octanol–water partition coefficient (Wildman–Crippen LogP) is -1.03. The molecule has 1 saturated heterocycles. The van der Waals surface area contributed by atoms with Gasteiger partial charge >= 0.3 is 5.97 Å². The van der Waals surface area contributed by atoms with Crippen LogP contribution in [0.1, 0.15) is 6.92 Å². The van der Waals surface area contributed by atoms with Crippen molar-refractivity contribution in [3.05, 3.63) is 0 Å². The quantitative estimate of drug-likeness (QED) is 0.533. The number of carbonyl (C=O) groups is 1. The zero-order valence-corrected chi connectivity index (χ0v) is 10.7. The Morgan fingerprint density at radius 3 is 2.71 bits per heavy atom. The molecule has 0 amide bonds. The van der Waals surface area contributed by atoms with E-state index in [9.17, 15) is 4.79 Å². The maximum Gasteiger partial charge on any atom is 0.326 e. The molecule has 1 fully saturated rings. The summed E-state index contributed by atoms with van der Waals surface area (Å²) in [5, 5.41) is 15.5. The number of methoxy groups -OCH3 is 1. The summed E-state index contributed by atoms with van der Waals surface area (Å²) in [7, 11) is 1.51. The molecule has 6 nitrogen and oxygen atoms in total. The number of hydrogen-bond donors (Lipinski definition) is 3. The lowest BCUT2D eigenvalue weighted by Crippen LogP contribution is -2.55. The van der Waals surface area contributed by atoms with E-state index in [2.05, 4.69) is 15.5 Å². The van der Waals surface area contributed by atoms with E-state index in [4.69, 9.17) is 9.84 Å². The minimum atomic E-state index is -0.997. The van der Waals surface area contributed by atoms with E-state index in [0.29, 0.717) is 6.54 Å². The number of aliphatic carboxylic acids is 1. The van der Waals surface area contributed by atoms with Gasteiger partial charge in [0.1, 0.15) is 5.54 Å². The molecular formula is C11H23N3O3. The van der Waals surface area contributed by atoms with Crippen LogP contribution in [0, 0.1) is 0 Å². The Balaban J connectivity index is 2.28. The molecule has 1 rings (SSSR count). The minimum absolute atomic E-state index is 0.171. The molecule has 1 aliphatic rings. The Bertz CT molecular complexity index is 244. The van der Waals surface area contributed by atoms with Crippen LogP contribution in [0.25, 0.3) is 0 Å². The van der Waals surface area contributed by atoms with Crippen molar-refractivity contribution in [2.45, 2.75) is 12.5 Å². The summed E-state index contributed by atoms with van der Waals surface area (Å²) < 4.78 is 4.94. The summed E-state index contributed by atoms with van der Waals surface area (Å²) in [5.41, 5.74) is -0.997. The molecule has 0 aromatic carbocycles. The third kappa shape index (κ3) is 4.59. The van der Waals surface area contributed by atoms with E-state index in [1.54, 1.807) is 6.92 Å². The van der Waals surface area contributed by atoms with Crippen LogP contribution in [0.4, 0.5) is 0 Å². The smallest absolute Gasteiger partial charge is 0.326 e. The standard InChI is InChI=1S/C11H23N3O3/c1-11(9-17-2,10(15)16)13-5-8-14-6-3-12-4-7-14/h12-13H,3-9H2,1-2H3,(H,15,16). The summed E-state index contributed by atoms with van der Waals surface area (Å²) >= 11 is 0. The molecule has 1 aliphatic heterocycles. The summed E-state index contributed by atoms with van der Waals surface area (Å²) in [6, 6.07) is 0. The molecule has 1 heterocycles. The van der Waals surface area contributed by atoms with Crippen LogP contribution in [0.3, 0.4) is 0 Å². The van der Waals surface area contributed by atoms with Crippen molar-refractivity contribution < 1.29 is 14.6 Å². The van der Waals surface area contributed by atoms with Gasteiger partial charge in [-0.3, -0.25) is 15.0 Å². The average Bonchev–Trinajstić information content (AvgIpc) is 2.30. The first kappa shape index (κ1) is 14.4. The molecule has 0 spiro atoms. The lowest BCUT2D eigenvalue weighted by Gasteiger charge is -2.30. The number of carboxylic acids is 1. The van der Waals surface area contributed by atoms with Gasteiger partial charge in [-0.25, -0.2) is 0 Å². The van der Waals surface area contributed by atoms with E-state index >= 15 is 0 Å². The second kappa shape index (κ2) is 6.90. The maximum absolute atomic E-state index is 11.1. The lowest BCUT2D eigenvalue weighted by atomic mass is 10.0. The molecule has 1 unspecified atom stereocenters. The van der Waals surface area contributed by atoms with E-state index in [0.717, 1.165) is 32.7 Å². The Morgan fingerprint density at radius 1 is 1.53 bits per heavy atom. The molecule has 0 saturated carbocycles. The number of ether oxygens (including phenoxy) is 1. The van der Waals surface area contributed by atoms with Crippen molar-refractivity contribution >= 4 is 5.97 Å². The average molecular weight is 245 g/mol. The van der Waals surface area contributed by atoms with Gasteiger partial charge in [0.05, 0.1) is 6.61 Å². The van der Waals surface area contributed by atoms with Gasteiger partial charge in [0.2, 0.25) is 0 Å². The zero-order chi connectivity index (χ0) is 12.7. The van der Waals surface area contributed by atoms with Crippen LogP contribution in [0.15, 0.2) is 0 Å². The van der Waals surface area contributed by atoms with Crippen molar-refractivity contribution in [1.29, 1.82) is 0 Å². The SMILES string of the molecule is COCC(C)(NCCN1CCNCC1)C(=O)O. The Morgan fingerprint density at radius 2 is 2.18 bits per heavy atom. The Hall–Kier alpha value is -0.690. The van der Waals surface area contributed by atoms with Gasteiger partial charge in [-0.15, -0.1) is 0 Å². The van der Waals surface area contributed by atoms with E-state index < -0.39 is 11.5 Å². The number of nitrogens with one attached hydrogen (secondary N) is 2. The van der Waals surface area contributed by atoms with Crippen LogP contribution in [0.2, 0.25) is 0 Å². The highest BCUT2D eigenvalue weighted by molar-refractivity contribution is 5.78. The highest BCUT2D eigenvalue weighted by Crippen LogP contribution is 2.04. The second-order valence-corrected chi connectivity index (χ2v) is 4.59. The monoisotopic (exact) mass is 245 g/mol. The highest BCUT2D eigenvalue weighted by atomic mass is 16.5. The first-order valence-electron chi connectivity index (χ1n) is 5.99. The van der Waals surface area contributed by atoms with Crippen molar-refractivity contribution in [2.24, 2.45) is 0 Å². The van der Waals surface area contributed by atoms with Crippen molar-refractivity contribution in [1.82, 2.24) is 15.5 Å². The van der Waals surface area contributed by atoms with Crippen LogP contribution >= 0.6 is 0 Å². The molecule has 17 heavy (non-hydrogen) atoms. The van der Waals surface area contributed by atoms with Crippen LogP contribution in [0.5, 0.6) is 0 Å². The first-order chi connectivity index (χ1) is 8.08. The number of rotatable bonds is 7. The number of nitrogens with zero attached hydrogens (tertiary/aromatic N) is 1. The topological polar surface area (TPSA) is 73.8 Å². The van der Waals surface area contributed by atoms with Crippen LogP contribution < -0.4 is 10.6 Å². The molecule has 100 valence electrons. The highest BCUT2D eigenvalue weighted by Gasteiger charge is 2.32. The Labute approximate surface area is 102 Å². The largest absolute Gasteiger partial charge is 0.480 e. The number of carboxylic acid groups (broad SMARTS) is 1. The van der Waals surface area contributed by atoms with Crippen LogP contribution in [-0.4, -0.2) is 74.5 Å². The summed E-state index contributed by atoms with van der Waals surface area (Å²) in [4.78, 5) is 13.4. The number of hydrogen-bond acceptors (Lipinski definition) is 5. The van der Waals surface area contributed by atoms with E-state index in [1.165, 1.54) is 7.11 Å². The molecule has 0 aliphatic carbocycles. The Kier molecular flexibility index (Phi) is 5.84. The van der Waals surface area contributed by atoms with Crippen molar-refractivity contribution in [3.63, 3.8) is 0 Å².